The van der Waals surface area contributed by atoms with Gasteiger partial charge in [0.15, 0.2) is 0 Å². The van der Waals surface area contributed by atoms with Crippen LogP contribution in [0.25, 0.3) is 0 Å². The Balaban J connectivity index is 2.80. The SMILES string of the molecule is Cc1cc(NC(=O)CC(C)(C)C(=O)O)ccc1C(N)=O. The molecule has 1 aromatic rings. The quantitative estimate of drug-likeness (QED) is 0.758. The molecule has 0 aliphatic carbocycles. The van der Waals surface area contributed by atoms with Crippen LogP contribution in [0.4, 0.5) is 5.69 Å². The second-order valence-electron chi connectivity index (χ2n) is 5.31. The van der Waals surface area contributed by atoms with Gasteiger partial charge in [-0.3, -0.25) is 14.4 Å². The van der Waals surface area contributed by atoms with Crippen molar-refractivity contribution in [1.82, 2.24) is 0 Å². The maximum atomic E-state index is 11.8. The molecule has 0 bridgehead atoms. The second-order valence-corrected chi connectivity index (χ2v) is 5.31. The Labute approximate surface area is 117 Å². The Kier molecular flexibility index (Phi) is 4.49. The van der Waals surface area contributed by atoms with Crippen molar-refractivity contribution in [2.75, 3.05) is 5.32 Å². The zero-order valence-corrected chi connectivity index (χ0v) is 11.7. The lowest BCUT2D eigenvalue weighted by atomic mass is 9.89. The summed E-state index contributed by atoms with van der Waals surface area (Å²) in [5, 5.41) is 11.6. The second kappa shape index (κ2) is 5.73. The Morgan fingerprint density at radius 1 is 1.30 bits per heavy atom. The van der Waals surface area contributed by atoms with E-state index in [1.807, 2.05) is 0 Å². The molecule has 0 saturated heterocycles. The van der Waals surface area contributed by atoms with Gasteiger partial charge >= 0.3 is 5.97 Å². The van der Waals surface area contributed by atoms with E-state index in [2.05, 4.69) is 5.32 Å². The summed E-state index contributed by atoms with van der Waals surface area (Å²) in [6.45, 7) is 4.67. The number of amides is 2. The predicted molar refractivity (Wildman–Crippen MR) is 74.4 cm³/mol. The fraction of sp³-hybridized carbons (Fsp3) is 0.357. The van der Waals surface area contributed by atoms with Gasteiger partial charge in [-0.2, -0.15) is 0 Å². The summed E-state index contributed by atoms with van der Waals surface area (Å²) in [5.41, 5.74) is 5.59. The third kappa shape index (κ3) is 3.81. The van der Waals surface area contributed by atoms with E-state index in [0.29, 0.717) is 16.8 Å². The van der Waals surface area contributed by atoms with E-state index in [0.717, 1.165) is 0 Å². The number of carboxylic acids is 1. The largest absolute Gasteiger partial charge is 0.481 e. The highest BCUT2D eigenvalue weighted by atomic mass is 16.4. The molecular weight excluding hydrogens is 260 g/mol. The van der Waals surface area contributed by atoms with Crippen LogP contribution in [0.1, 0.15) is 36.2 Å². The van der Waals surface area contributed by atoms with Crippen LogP contribution in [0, 0.1) is 12.3 Å². The van der Waals surface area contributed by atoms with Crippen LogP contribution in [-0.2, 0) is 9.59 Å². The number of anilines is 1. The van der Waals surface area contributed by atoms with Gasteiger partial charge in [0.25, 0.3) is 0 Å². The molecule has 0 fully saturated rings. The van der Waals surface area contributed by atoms with E-state index >= 15 is 0 Å². The summed E-state index contributed by atoms with van der Waals surface area (Å²) >= 11 is 0. The maximum absolute atomic E-state index is 11.8. The fourth-order valence-electron chi connectivity index (χ4n) is 1.70. The lowest BCUT2D eigenvalue weighted by Crippen LogP contribution is -2.29. The Bertz CT molecular complexity index is 564. The molecule has 0 aromatic heterocycles. The Hall–Kier alpha value is -2.37. The molecule has 108 valence electrons. The van der Waals surface area contributed by atoms with E-state index in [1.165, 1.54) is 19.9 Å². The number of hydrogen-bond acceptors (Lipinski definition) is 3. The number of nitrogens with two attached hydrogens (primary N) is 1. The van der Waals surface area contributed by atoms with Crippen LogP contribution in [0.15, 0.2) is 18.2 Å². The summed E-state index contributed by atoms with van der Waals surface area (Å²) in [5.74, 6) is -1.97. The van der Waals surface area contributed by atoms with Crippen LogP contribution in [0.2, 0.25) is 0 Å². The number of carbonyl (C=O) groups is 3. The predicted octanol–water partition coefficient (Wildman–Crippen LogP) is 1.53. The number of nitrogens with one attached hydrogen (secondary N) is 1. The molecule has 0 heterocycles. The third-order valence-corrected chi connectivity index (χ3v) is 2.96. The van der Waals surface area contributed by atoms with Gasteiger partial charge in [-0.15, -0.1) is 0 Å². The number of aliphatic carboxylic acids is 1. The minimum atomic E-state index is -1.13. The number of carbonyl (C=O) groups excluding carboxylic acids is 2. The fourth-order valence-corrected chi connectivity index (χ4v) is 1.70. The molecule has 2 amide bonds. The van der Waals surface area contributed by atoms with Crippen LogP contribution in [-0.4, -0.2) is 22.9 Å². The van der Waals surface area contributed by atoms with E-state index in [9.17, 15) is 14.4 Å². The van der Waals surface area contributed by atoms with Crippen molar-refractivity contribution < 1.29 is 19.5 Å². The van der Waals surface area contributed by atoms with Crippen molar-refractivity contribution in [1.29, 1.82) is 0 Å². The normalized spacial score (nSPS) is 10.9. The first-order valence-electron chi connectivity index (χ1n) is 6.07. The molecule has 0 radical (unpaired) electrons. The number of primary amides is 1. The summed E-state index contributed by atoms with van der Waals surface area (Å²) in [4.78, 5) is 33.8. The molecule has 0 saturated carbocycles. The highest BCUT2D eigenvalue weighted by Gasteiger charge is 2.30. The van der Waals surface area contributed by atoms with Crippen molar-refractivity contribution in [2.24, 2.45) is 11.1 Å². The minimum Gasteiger partial charge on any atom is -0.481 e. The average Bonchev–Trinajstić information content (AvgIpc) is 2.26. The zero-order valence-electron chi connectivity index (χ0n) is 11.7. The Morgan fingerprint density at radius 2 is 1.90 bits per heavy atom. The monoisotopic (exact) mass is 278 g/mol. The number of hydrogen-bond donors (Lipinski definition) is 3. The molecule has 20 heavy (non-hydrogen) atoms. The highest BCUT2D eigenvalue weighted by molar-refractivity contribution is 5.97. The first-order valence-corrected chi connectivity index (χ1v) is 6.07. The van der Waals surface area contributed by atoms with Crippen LogP contribution >= 0.6 is 0 Å². The van der Waals surface area contributed by atoms with Crippen LogP contribution < -0.4 is 11.1 Å². The molecule has 0 unspecified atom stereocenters. The van der Waals surface area contributed by atoms with Crippen LogP contribution in [0.3, 0.4) is 0 Å². The van der Waals surface area contributed by atoms with E-state index in [1.54, 1.807) is 19.1 Å². The highest BCUT2D eigenvalue weighted by Crippen LogP contribution is 2.22. The van der Waals surface area contributed by atoms with Gasteiger partial charge in [0.05, 0.1) is 5.41 Å². The first kappa shape index (κ1) is 15.7. The van der Waals surface area contributed by atoms with E-state index in [-0.39, 0.29) is 6.42 Å². The summed E-state index contributed by atoms with van der Waals surface area (Å²) in [6, 6.07) is 4.69. The van der Waals surface area contributed by atoms with Crippen molar-refractivity contribution in [3.05, 3.63) is 29.3 Å². The van der Waals surface area contributed by atoms with Gasteiger partial charge in [-0.1, -0.05) is 0 Å². The molecule has 6 heteroatoms. The van der Waals surface area contributed by atoms with E-state index in [4.69, 9.17) is 10.8 Å². The van der Waals surface area contributed by atoms with Crippen molar-refractivity contribution in [3.63, 3.8) is 0 Å². The first-order chi connectivity index (χ1) is 9.13. The summed E-state index contributed by atoms with van der Waals surface area (Å²) < 4.78 is 0. The van der Waals surface area contributed by atoms with Gasteiger partial charge in [0.1, 0.15) is 0 Å². The smallest absolute Gasteiger partial charge is 0.309 e. The number of carboxylic acid groups (broad SMARTS) is 1. The van der Waals surface area contributed by atoms with Gasteiger partial charge < -0.3 is 16.2 Å². The van der Waals surface area contributed by atoms with Gasteiger partial charge in [0.2, 0.25) is 11.8 Å². The number of rotatable bonds is 5. The van der Waals surface area contributed by atoms with Gasteiger partial charge in [-0.25, -0.2) is 0 Å². The van der Waals surface area contributed by atoms with E-state index < -0.39 is 23.2 Å². The summed E-state index contributed by atoms with van der Waals surface area (Å²) in [6.07, 6.45) is -0.140. The van der Waals surface area contributed by atoms with Crippen molar-refractivity contribution in [2.45, 2.75) is 27.2 Å². The minimum absolute atomic E-state index is 0.140. The Morgan fingerprint density at radius 3 is 2.35 bits per heavy atom. The number of aryl methyl sites for hydroxylation is 1. The lowest BCUT2D eigenvalue weighted by molar-refractivity contribution is -0.148. The number of benzene rings is 1. The lowest BCUT2D eigenvalue weighted by Gasteiger charge is -2.18. The third-order valence-electron chi connectivity index (χ3n) is 2.96. The topological polar surface area (TPSA) is 109 Å². The van der Waals surface area contributed by atoms with Crippen molar-refractivity contribution in [3.8, 4) is 0 Å². The van der Waals surface area contributed by atoms with Crippen LogP contribution in [0.5, 0.6) is 0 Å². The van der Waals surface area contributed by atoms with Gasteiger partial charge in [0, 0.05) is 17.7 Å². The molecular formula is C14H18N2O4. The average molecular weight is 278 g/mol. The maximum Gasteiger partial charge on any atom is 0.309 e. The summed E-state index contributed by atoms with van der Waals surface area (Å²) in [7, 11) is 0. The molecule has 1 rings (SSSR count). The zero-order chi connectivity index (χ0) is 15.5. The standard InChI is InChI=1S/C14H18N2O4/c1-8-6-9(4-5-10(8)12(15)18)16-11(17)7-14(2,3)13(19)20/h4-6H,7H2,1-3H3,(H2,15,18)(H,16,17)(H,19,20). The molecule has 0 aliphatic rings. The molecule has 0 aliphatic heterocycles. The molecule has 6 nitrogen and oxygen atoms in total. The van der Waals surface area contributed by atoms with Crippen molar-refractivity contribution >= 4 is 23.5 Å². The molecule has 0 spiro atoms. The molecule has 1 aromatic carbocycles. The molecule has 0 atom stereocenters. The molecule has 4 N–H and O–H groups in total. The van der Waals surface area contributed by atoms with Gasteiger partial charge in [-0.05, 0) is 44.5 Å².